The van der Waals surface area contributed by atoms with Crippen molar-refractivity contribution >= 4 is 87.2 Å². The zero-order valence-electron chi connectivity index (χ0n) is 3.14. The second-order valence-electron chi connectivity index (χ2n) is 0.600. The second-order valence-corrected chi connectivity index (χ2v) is 1.80. The van der Waals surface area contributed by atoms with Crippen LogP contribution < -0.4 is 0 Å². The van der Waals surface area contributed by atoms with Crippen molar-refractivity contribution < 1.29 is 62.5 Å². The van der Waals surface area contributed by atoms with Crippen molar-refractivity contribution in [1.82, 2.24) is 0 Å². The van der Waals surface area contributed by atoms with Crippen LogP contribution in [0.25, 0.3) is 0 Å². The Kier molecular flexibility index (Phi) is 69.2. The fraction of sp³-hybridized carbons (Fsp3) is 0. The molecule has 0 aromatic carbocycles. The molecule has 0 aliphatic carbocycles. The topological polar surface area (TPSA) is 80.9 Å². The Balaban J connectivity index is -0.00000000800. The summed E-state index contributed by atoms with van der Waals surface area (Å²) in [6.07, 6.45) is 0. The zero-order chi connectivity index (χ0) is 4.50. The van der Waals surface area contributed by atoms with Crippen LogP contribution in [0.3, 0.4) is 0 Å². The average Bonchev–Trinajstić information content (AvgIpc) is 0.722. The first kappa shape index (κ1) is 37.0. The first-order valence-electron chi connectivity index (χ1n) is 0.894. The Morgan fingerprint density at radius 1 is 0.900 bits per heavy atom. The maximum atomic E-state index is 7.33. The first-order valence-corrected chi connectivity index (χ1v) is 2.68. The van der Waals surface area contributed by atoms with Crippen LogP contribution >= 0.6 is 0 Å². The summed E-state index contributed by atoms with van der Waals surface area (Å²) in [6.45, 7) is 0. The summed E-state index contributed by atoms with van der Waals surface area (Å²) in [7, 11) is -4.61. The predicted octanol–water partition coefficient (Wildman–Crippen LogP) is -5.63. The van der Waals surface area contributed by atoms with E-state index in [0.717, 1.165) is 0 Å². The molecule has 0 radical (unpaired) electrons. The zero-order valence-corrected chi connectivity index (χ0v) is 7.70. The molecular formula is H11AlCaFeMgO4SiZr. The van der Waals surface area contributed by atoms with E-state index in [1.54, 1.807) is 0 Å². The van der Waals surface area contributed by atoms with Gasteiger partial charge in [-0.2, -0.15) is 0 Å². The third kappa shape index (κ3) is 90.4. The van der Waals surface area contributed by atoms with Crippen LogP contribution in [-0.2, 0) is 43.3 Å². The molecule has 0 unspecified atom stereocenters. The van der Waals surface area contributed by atoms with Crippen LogP contribution in [0.5, 0.6) is 0 Å². The summed E-state index contributed by atoms with van der Waals surface area (Å²) in [4.78, 5) is 29.3. The van der Waals surface area contributed by atoms with E-state index in [2.05, 4.69) is 0 Å². The molecule has 0 aromatic heterocycles. The van der Waals surface area contributed by atoms with Gasteiger partial charge in [0.1, 0.15) is 0 Å². The molecule has 0 spiro atoms. The van der Waals surface area contributed by atoms with E-state index in [1.165, 1.54) is 0 Å². The van der Waals surface area contributed by atoms with Gasteiger partial charge < -0.3 is 19.2 Å². The van der Waals surface area contributed by atoms with Crippen molar-refractivity contribution in [3.8, 4) is 0 Å². The molecule has 0 saturated heterocycles. The smallest absolute Gasteiger partial charge is 0 e. The molecule has 0 heterocycles. The molecule has 4 N–H and O–H groups in total. The third-order valence-electron chi connectivity index (χ3n) is 0. The van der Waals surface area contributed by atoms with Gasteiger partial charge in [0.2, 0.25) is 0 Å². The van der Waals surface area contributed by atoms with Crippen molar-refractivity contribution in [3.05, 3.63) is 0 Å². The van der Waals surface area contributed by atoms with Crippen LogP contribution in [0.15, 0.2) is 0 Å². The molecule has 0 fully saturated rings. The molecule has 0 rings (SSSR count). The molecular weight excluding hydrogens is 331 g/mol. The molecule has 0 aromatic rings. The summed E-state index contributed by atoms with van der Waals surface area (Å²) < 4.78 is 0. The molecule has 0 amide bonds. The van der Waals surface area contributed by atoms with Crippen molar-refractivity contribution in [2.24, 2.45) is 0 Å². The van der Waals surface area contributed by atoms with E-state index in [9.17, 15) is 0 Å². The van der Waals surface area contributed by atoms with Crippen molar-refractivity contribution in [2.75, 3.05) is 0 Å². The van der Waals surface area contributed by atoms with Crippen LogP contribution in [0, 0.1) is 0 Å². The molecule has 0 aliphatic heterocycles. The van der Waals surface area contributed by atoms with Gasteiger partial charge in [0.25, 0.3) is 0 Å². The third-order valence-corrected chi connectivity index (χ3v) is 0. The Bertz CT molecular complexity index is 40.7. The molecule has 0 atom stereocenters. The van der Waals surface area contributed by atoms with E-state index in [-0.39, 0.29) is 121 Å². The van der Waals surface area contributed by atoms with E-state index in [0.29, 0.717) is 0 Å². The Hall–Kier alpha value is 4.02. The monoisotopic (exact) mass is 340 g/mol. The molecule has 4 nitrogen and oxygen atoms in total. The van der Waals surface area contributed by atoms with Gasteiger partial charge in [-0.15, -0.1) is 0 Å². The van der Waals surface area contributed by atoms with Crippen molar-refractivity contribution in [3.63, 3.8) is 0 Å². The molecule has 58 valence electrons. The Morgan fingerprint density at radius 2 is 0.900 bits per heavy atom. The van der Waals surface area contributed by atoms with Crippen molar-refractivity contribution in [2.45, 2.75) is 0 Å². The normalized spacial score (nSPS) is 6.00. The van der Waals surface area contributed by atoms with Crippen LogP contribution in [0.2, 0.25) is 0 Å². The van der Waals surface area contributed by atoms with Gasteiger partial charge in [0.15, 0.2) is 17.4 Å². The summed E-state index contributed by atoms with van der Waals surface area (Å²) in [5.74, 6) is 0. The Labute approximate surface area is 147 Å². The Morgan fingerprint density at radius 3 is 0.900 bits per heavy atom. The van der Waals surface area contributed by atoms with Gasteiger partial charge >= 0.3 is 69.8 Å². The SMILES string of the molecule is O[Si](O)(O)O.[AlH3].[CaH2].[Fe].[MgH2].[Zr]. The largest absolute Gasteiger partial charge is 0.316 e. The summed E-state index contributed by atoms with van der Waals surface area (Å²) in [6, 6.07) is 0. The van der Waals surface area contributed by atoms with Gasteiger partial charge in [-0.05, 0) is 0 Å². The minimum absolute atomic E-state index is 0. The summed E-state index contributed by atoms with van der Waals surface area (Å²) in [5, 5.41) is 0. The molecule has 0 bridgehead atoms. The average molecular weight is 342 g/mol. The van der Waals surface area contributed by atoms with Crippen LogP contribution in [-0.4, -0.2) is 106 Å². The van der Waals surface area contributed by atoms with Crippen LogP contribution in [0.4, 0.5) is 0 Å². The summed E-state index contributed by atoms with van der Waals surface area (Å²) >= 11 is 0. The molecule has 10 heteroatoms. The second kappa shape index (κ2) is 18.7. The number of rotatable bonds is 0. The molecule has 0 aliphatic rings. The number of hydrogen-bond donors (Lipinski definition) is 4. The maximum Gasteiger partial charge on any atom is 0.316 e. The standard InChI is InChI=1S/Al.Ca.Fe.Mg.H4O4Si.Zr.7H/c;;;;1-5(2,3)4;;;;;;;;/h;;;;1-4H;;;;;;;;. The van der Waals surface area contributed by atoms with Gasteiger partial charge in [-0.25, -0.2) is 0 Å². The predicted molar refractivity (Wildman–Crippen MR) is 41.7 cm³/mol. The van der Waals surface area contributed by atoms with Crippen molar-refractivity contribution in [1.29, 1.82) is 0 Å². The van der Waals surface area contributed by atoms with E-state index in [1.807, 2.05) is 0 Å². The number of hydrogen-bond acceptors (Lipinski definition) is 4. The quantitative estimate of drug-likeness (QED) is 0.331. The fourth-order valence-electron chi connectivity index (χ4n) is 0. The summed E-state index contributed by atoms with van der Waals surface area (Å²) in [5.41, 5.74) is 0. The minimum Gasteiger partial charge on any atom is 0 e. The van der Waals surface area contributed by atoms with E-state index >= 15 is 0 Å². The van der Waals surface area contributed by atoms with Gasteiger partial charge in [0.05, 0.1) is 0 Å². The van der Waals surface area contributed by atoms with Gasteiger partial charge in [0, 0.05) is 43.3 Å². The van der Waals surface area contributed by atoms with Gasteiger partial charge in [-0.3, -0.25) is 0 Å². The van der Waals surface area contributed by atoms with Crippen LogP contribution in [0.1, 0.15) is 0 Å². The first-order chi connectivity index (χ1) is 2.00. The van der Waals surface area contributed by atoms with Gasteiger partial charge in [-0.1, -0.05) is 0 Å². The molecule has 10 heavy (non-hydrogen) atoms. The minimum atomic E-state index is -4.61. The van der Waals surface area contributed by atoms with E-state index in [4.69, 9.17) is 19.2 Å². The van der Waals surface area contributed by atoms with E-state index < -0.39 is 9.05 Å². The molecule has 0 saturated carbocycles. The fourth-order valence-corrected chi connectivity index (χ4v) is 0. The maximum absolute atomic E-state index is 7.33.